The molecule has 2 atom stereocenters. The Morgan fingerprint density at radius 1 is 1.33 bits per heavy atom. The number of hydrogen-bond acceptors (Lipinski definition) is 5. The van der Waals surface area contributed by atoms with Crippen LogP contribution in [0.5, 0.6) is 0 Å². The third-order valence-corrected chi connectivity index (χ3v) is 5.87. The monoisotopic (exact) mass is 376 g/mol. The van der Waals surface area contributed by atoms with Gasteiger partial charge in [0.1, 0.15) is 0 Å². The summed E-state index contributed by atoms with van der Waals surface area (Å²) in [5.74, 6) is 0.181. The zero-order valence-corrected chi connectivity index (χ0v) is 15.6. The molecule has 2 unspecified atom stereocenters. The van der Waals surface area contributed by atoms with E-state index in [1.54, 1.807) is 12.1 Å². The molecule has 136 valence electrons. The van der Waals surface area contributed by atoms with Gasteiger partial charge in [0.2, 0.25) is 0 Å². The van der Waals surface area contributed by atoms with Gasteiger partial charge in [-0.05, 0) is 43.1 Å². The zero-order chi connectivity index (χ0) is 16.9. The number of nitrogens with one attached hydrogen (secondary N) is 2. The molecule has 1 aliphatic rings. The van der Waals surface area contributed by atoms with E-state index in [1.807, 2.05) is 0 Å². The smallest absolute Gasteiger partial charge is 0.251 e. The van der Waals surface area contributed by atoms with Crippen molar-refractivity contribution in [2.24, 2.45) is 5.92 Å². The van der Waals surface area contributed by atoms with E-state index in [0.29, 0.717) is 11.5 Å². The summed E-state index contributed by atoms with van der Waals surface area (Å²) in [5, 5.41) is 6.27. The SMILES string of the molecule is COCCS(=O)(=O)c1ccc(C(=O)NC2CNCCC2C)cc1.Cl. The first-order chi connectivity index (χ1) is 10.9. The third-order valence-electron chi connectivity index (χ3n) is 4.18. The normalized spacial score (nSPS) is 20.9. The maximum Gasteiger partial charge on any atom is 0.251 e. The van der Waals surface area contributed by atoms with Gasteiger partial charge in [-0.1, -0.05) is 6.92 Å². The minimum Gasteiger partial charge on any atom is -0.384 e. The van der Waals surface area contributed by atoms with Crippen LogP contribution in [0, 0.1) is 5.92 Å². The quantitative estimate of drug-likeness (QED) is 0.780. The van der Waals surface area contributed by atoms with E-state index >= 15 is 0 Å². The fraction of sp³-hybridized carbons (Fsp3) is 0.562. The van der Waals surface area contributed by atoms with Crippen molar-refractivity contribution < 1.29 is 17.9 Å². The average molecular weight is 377 g/mol. The van der Waals surface area contributed by atoms with E-state index in [0.717, 1.165) is 19.5 Å². The summed E-state index contributed by atoms with van der Waals surface area (Å²) >= 11 is 0. The summed E-state index contributed by atoms with van der Waals surface area (Å²) in [6.45, 7) is 4.01. The van der Waals surface area contributed by atoms with Gasteiger partial charge in [-0.25, -0.2) is 8.42 Å². The molecule has 1 aromatic rings. The van der Waals surface area contributed by atoms with Crippen molar-refractivity contribution >= 4 is 28.2 Å². The van der Waals surface area contributed by atoms with E-state index in [4.69, 9.17) is 4.74 Å². The average Bonchev–Trinajstić information content (AvgIpc) is 2.55. The summed E-state index contributed by atoms with van der Waals surface area (Å²) in [7, 11) is -1.91. The summed E-state index contributed by atoms with van der Waals surface area (Å²) < 4.78 is 28.9. The van der Waals surface area contributed by atoms with Crippen molar-refractivity contribution in [3.63, 3.8) is 0 Å². The maximum absolute atomic E-state index is 12.3. The minimum absolute atomic E-state index is 0. The number of rotatable bonds is 6. The number of carbonyl (C=O) groups excluding carboxylic acids is 1. The van der Waals surface area contributed by atoms with Gasteiger partial charge >= 0.3 is 0 Å². The summed E-state index contributed by atoms with van der Waals surface area (Å²) in [4.78, 5) is 12.5. The topological polar surface area (TPSA) is 84.5 Å². The molecule has 1 aromatic carbocycles. The van der Waals surface area contributed by atoms with E-state index < -0.39 is 9.84 Å². The van der Waals surface area contributed by atoms with Crippen molar-refractivity contribution in [3.05, 3.63) is 29.8 Å². The van der Waals surface area contributed by atoms with Crippen LogP contribution in [0.3, 0.4) is 0 Å². The Labute approximate surface area is 149 Å². The van der Waals surface area contributed by atoms with Crippen LogP contribution in [0.1, 0.15) is 23.7 Å². The highest BCUT2D eigenvalue weighted by Crippen LogP contribution is 2.15. The lowest BCUT2D eigenvalue weighted by Gasteiger charge is -2.30. The van der Waals surface area contributed by atoms with Crippen LogP contribution >= 0.6 is 12.4 Å². The van der Waals surface area contributed by atoms with E-state index in [1.165, 1.54) is 19.2 Å². The number of ether oxygens (including phenoxy) is 1. The maximum atomic E-state index is 12.3. The first-order valence-electron chi connectivity index (χ1n) is 7.77. The van der Waals surface area contributed by atoms with Gasteiger partial charge in [-0.3, -0.25) is 4.79 Å². The van der Waals surface area contributed by atoms with Gasteiger partial charge < -0.3 is 15.4 Å². The molecule has 0 aromatic heterocycles. The predicted octanol–water partition coefficient (Wildman–Crippen LogP) is 1.26. The Bertz CT molecular complexity index is 634. The molecule has 0 spiro atoms. The molecule has 1 aliphatic heterocycles. The van der Waals surface area contributed by atoms with Crippen LogP contribution in [-0.2, 0) is 14.6 Å². The number of hydrogen-bond donors (Lipinski definition) is 2. The second-order valence-corrected chi connectivity index (χ2v) is 8.00. The predicted molar refractivity (Wildman–Crippen MR) is 95.5 cm³/mol. The Balaban J connectivity index is 0.00000288. The van der Waals surface area contributed by atoms with Crippen LogP contribution < -0.4 is 10.6 Å². The summed E-state index contributed by atoms with van der Waals surface area (Å²) in [6, 6.07) is 6.15. The minimum atomic E-state index is -3.37. The van der Waals surface area contributed by atoms with Crippen molar-refractivity contribution in [2.75, 3.05) is 32.6 Å². The van der Waals surface area contributed by atoms with Crippen LogP contribution in [0.4, 0.5) is 0 Å². The number of methoxy groups -OCH3 is 1. The molecule has 0 aliphatic carbocycles. The standard InChI is InChI=1S/C16H24N2O4S.ClH/c1-12-7-8-17-11-15(12)18-16(19)13-3-5-14(6-4-13)23(20,21)10-9-22-2;/h3-6,12,15,17H,7-11H2,1-2H3,(H,18,19);1H. The molecule has 0 radical (unpaired) electrons. The van der Waals surface area contributed by atoms with Crippen molar-refractivity contribution in [3.8, 4) is 0 Å². The number of amides is 1. The van der Waals surface area contributed by atoms with Gasteiger partial charge in [-0.15, -0.1) is 12.4 Å². The highest BCUT2D eigenvalue weighted by Gasteiger charge is 2.23. The first kappa shape index (κ1) is 20.9. The number of benzene rings is 1. The number of piperidine rings is 1. The lowest BCUT2D eigenvalue weighted by Crippen LogP contribution is -2.50. The molecule has 1 amide bonds. The molecule has 8 heteroatoms. The molecular formula is C16H25ClN2O4S. The molecule has 0 bridgehead atoms. The molecule has 24 heavy (non-hydrogen) atoms. The van der Waals surface area contributed by atoms with E-state index in [9.17, 15) is 13.2 Å². The van der Waals surface area contributed by atoms with Crippen LogP contribution in [0.25, 0.3) is 0 Å². The van der Waals surface area contributed by atoms with Gasteiger partial charge in [-0.2, -0.15) is 0 Å². The van der Waals surface area contributed by atoms with Crippen LogP contribution in [0.15, 0.2) is 29.2 Å². The van der Waals surface area contributed by atoms with Gasteiger partial charge in [0, 0.05) is 25.3 Å². The largest absolute Gasteiger partial charge is 0.384 e. The number of halogens is 1. The lowest BCUT2D eigenvalue weighted by molar-refractivity contribution is 0.0915. The van der Waals surface area contributed by atoms with Gasteiger partial charge in [0.05, 0.1) is 17.3 Å². The second-order valence-electron chi connectivity index (χ2n) is 5.89. The van der Waals surface area contributed by atoms with Crippen LogP contribution in [-0.4, -0.2) is 52.9 Å². The van der Waals surface area contributed by atoms with E-state index in [2.05, 4.69) is 17.6 Å². The fourth-order valence-electron chi connectivity index (χ4n) is 2.56. The molecule has 1 saturated heterocycles. The molecular weight excluding hydrogens is 352 g/mol. The summed E-state index contributed by atoms with van der Waals surface area (Å²) in [5.41, 5.74) is 0.466. The summed E-state index contributed by atoms with van der Waals surface area (Å²) in [6.07, 6.45) is 1.03. The van der Waals surface area contributed by atoms with Crippen molar-refractivity contribution in [1.82, 2.24) is 10.6 Å². The fourth-order valence-corrected chi connectivity index (χ4v) is 3.73. The number of carbonyl (C=O) groups is 1. The molecule has 6 nitrogen and oxygen atoms in total. The second kappa shape index (κ2) is 9.36. The van der Waals surface area contributed by atoms with Gasteiger partial charge in [0.15, 0.2) is 9.84 Å². The number of sulfone groups is 1. The molecule has 1 fully saturated rings. The van der Waals surface area contributed by atoms with E-state index in [-0.39, 0.29) is 41.6 Å². The molecule has 1 heterocycles. The van der Waals surface area contributed by atoms with Crippen LogP contribution in [0.2, 0.25) is 0 Å². The first-order valence-corrected chi connectivity index (χ1v) is 9.42. The Kier molecular flexibility index (Phi) is 8.15. The Morgan fingerprint density at radius 2 is 2.00 bits per heavy atom. The lowest BCUT2D eigenvalue weighted by atomic mass is 9.94. The zero-order valence-electron chi connectivity index (χ0n) is 13.9. The highest BCUT2D eigenvalue weighted by atomic mass is 35.5. The molecule has 0 saturated carbocycles. The molecule has 2 rings (SSSR count). The van der Waals surface area contributed by atoms with Gasteiger partial charge in [0.25, 0.3) is 5.91 Å². The Morgan fingerprint density at radius 3 is 2.58 bits per heavy atom. The third kappa shape index (κ3) is 5.44. The van der Waals surface area contributed by atoms with Crippen molar-refractivity contribution in [1.29, 1.82) is 0 Å². The Hall–Kier alpha value is -1.15. The molecule has 2 N–H and O–H groups in total. The highest BCUT2D eigenvalue weighted by molar-refractivity contribution is 7.91. The van der Waals surface area contributed by atoms with Crippen molar-refractivity contribution in [2.45, 2.75) is 24.3 Å².